The molecule has 0 aliphatic carbocycles. The van der Waals surface area contributed by atoms with Gasteiger partial charge in [0.05, 0.1) is 13.0 Å². The third-order valence-corrected chi connectivity index (χ3v) is 5.57. The summed E-state index contributed by atoms with van der Waals surface area (Å²) in [6.45, 7) is 2.33. The standard InChI is InChI=1S/C24H24FN3O5/c1-15(29)16-8-9-20(21(12-16)31-2)32-14-22(30)28-10-4-6-18(13-28)24-26-23(27-33-24)17-5-3-7-19(25)11-17/h3,5,7-9,11-12,18H,4,6,10,13-14H2,1-2H3. The van der Waals surface area contributed by atoms with Crippen molar-refractivity contribution in [1.29, 1.82) is 0 Å². The zero-order valence-corrected chi connectivity index (χ0v) is 18.4. The topological polar surface area (TPSA) is 94.8 Å². The molecule has 1 aromatic heterocycles. The highest BCUT2D eigenvalue weighted by atomic mass is 19.1. The van der Waals surface area contributed by atoms with Crippen LogP contribution in [0.2, 0.25) is 0 Å². The molecule has 0 saturated carbocycles. The van der Waals surface area contributed by atoms with Gasteiger partial charge in [0.1, 0.15) is 5.82 Å². The van der Waals surface area contributed by atoms with Crippen molar-refractivity contribution >= 4 is 11.7 Å². The average Bonchev–Trinajstić information content (AvgIpc) is 3.33. The summed E-state index contributed by atoms with van der Waals surface area (Å²) in [4.78, 5) is 30.5. The molecule has 1 unspecified atom stereocenters. The molecule has 1 amide bonds. The molecule has 2 heterocycles. The van der Waals surface area contributed by atoms with E-state index >= 15 is 0 Å². The van der Waals surface area contributed by atoms with Gasteiger partial charge < -0.3 is 18.9 Å². The number of hydrogen-bond donors (Lipinski definition) is 0. The van der Waals surface area contributed by atoms with E-state index in [2.05, 4.69) is 10.1 Å². The monoisotopic (exact) mass is 453 g/mol. The first-order chi connectivity index (χ1) is 15.9. The van der Waals surface area contributed by atoms with Crippen molar-refractivity contribution in [2.75, 3.05) is 26.8 Å². The summed E-state index contributed by atoms with van der Waals surface area (Å²) in [7, 11) is 1.48. The first-order valence-electron chi connectivity index (χ1n) is 10.6. The molecular weight excluding hydrogens is 429 g/mol. The molecule has 1 aliphatic heterocycles. The Balaban J connectivity index is 1.39. The predicted octanol–water partition coefficient (Wildman–Crippen LogP) is 3.87. The molecule has 8 nitrogen and oxygen atoms in total. The minimum absolute atomic E-state index is 0.0862. The van der Waals surface area contributed by atoms with Gasteiger partial charge in [0.25, 0.3) is 5.91 Å². The van der Waals surface area contributed by atoms with E-state index in [1.165, 1.54) is 26.2 Å². The van der Waals surface area contributed by atoms with E-state index in [1.54, 1.807) is 35.2 Å². The Labute approximate surface area is 190 Å². The van der Waals surface area contributed by atoms with E-state index in [-0.39, 0.29) is 30.0 Å². The minimum Gasteiger partial charge on any atom is -0.493 e. The molecule has 1 saturated heterocycles. The van der Waals surface area contributed by atoms with E-state index in [4.69, 9.17) is 14.0 Å². The van der Waals surface area contributed by atoms with Gasteiger partial charge in [-0.2, -0.15) is 4.98 Å². The summed E-state index contributed by atoms with van der Waals surface area (Å²) < 4.78 is 29.9. The molecule has 0 bridgehead atoms. The number of Topliss-reactive ketones (excluding diaryl/α,β-unsaturated/α-hetero) is 1. The average molecular weight is 453 g/mol. The molecule has 3 aromatic rings. The van der Waals surface area contributed by atoms with Crippen LogP contribution in [-0.4, -0.2) is 53.5 Å². The van der Waals surface area contributed by atoms with Crippen molar-refractivity contribution < 1.29 is 28.0 Å². The molecular formula is C24H24FN3O5. The maximum atomic E-state index is 13.5. The van der Waals surface area contributed by atoms with Crippen molar-refractivity contribution in [3.05, 3.63) is 59.7 Å². The predicted molar refractivity (Wildman–Crippen MR) is 117 cm³/mol. The smallest absolute Gasteiger partial charge is 0.260 e. The molecule has 0 radical (unpaired) electrons. The van der Waals surface area contributed by atoms with Gasteiger partial charge in [0, 0.05) is 24.2 Å². The number of halogens is 1. The summed E-state index contributed by atoms with van der Waals surface area (Å²) >= 11 is 0. The SMILES string of the molecule is COc1cc(C(C)=O)ccc1OCC(=O)N1CCCC(c2nc(-c3cccc(F)c3)no2)C1. The van der Waals surface area contributed by atoms with Crippen LogP contribution in [0.25, 0.3) is 11.4 Å². The van der Waals surface area contributed by atoms with Gasteiger partial charge in [-0.1, -0.05) is 17.3 Å². The second-order valence-electron chi connectivity index (χ2n) is 7.86. The fourth-order valence-electron chi connectivity index (χ4n) is 3.79. The van der Waals surface area contributed by atoms with Crippen molar-refractivity contribution in [2.24, 2.45) is 0 Å². The van der Waals surface area contributed by atoms with Crippen LogP contribution < -0.4 is 9.47 Å². The Morgan fingerprint density at radius 1 is 1.21 bits per heavy atom. The highest BCUT2D eigenvalue weighted by Gasteiger charge is 2.29. The second-order valence-corrected chi connectivity index (χ2v) is 7.86. The molecule has 2 aromatic carbocycles. The van der Waals surface area contributed by atoms with Gasteiger partial charge in [-0.05, 0) is 50.1 Å². The molecule has 9 heteroatoms. The van der Waals surface area contributed by atoms with E-state index in [9.17, 15) is 14.0 Å². The zero-order valence-electron chi connectivity index (χ0n) is 18.4. The lowest BCUT2D eigenvalue weighted by Gasteiger charge is -2.31. The maximum Gasteiger partial charge on any atom is 0.260 e. The quantitative estimate of drug-likeness (QED) is 0.501. The Morgan fingerprint density at radius 2 is 2.06 bits per heavy atom. The molecule has 1 aliphatic rings. The summed E-state index contributed by atoms with van der Waals surface area (Å²) in [5, 5.41) is 3.97. The van der Waals surface area contributed by atoms with E-state index in [0.29, 0.717) is 47.4 Å². The number of ether oxygens (including phenoxy) is 2. The number of methoxy groups -OCH3 is 1. The number of carbonyl (C=O) groups is 2. The fourth-order valence-corrected chi connectivity index (χ4v) is 3.79. The zero-order chi connectivity index (χ0) is 23.4. The van der Waals surface area contributed by atoms with Crippen LogP contribution in [-0.2, 0) is 4.79 Å². The van der Waals surface area contributed by atoms with Gasteiger partial charge in [0.2, 0.25) is 11.7 Å². The number of piperidine rings is 1. The van der Waals surface area contributed by atoms with E-state index in [0.717, 1.165) is 12.8 Å². The molecule has 1 fully saturated rings. The third-order valence-electron chi connectivity index (χ3n) is 5.57. The number of carbonyl (C=O) groups excluding carboxylic acids is 2. The number of aromatic nitrogens is 2. The van der Waals surface area contributed by atoms with Crippen LogP contribution in [0.1, 0.15) is 41.9 Å². The third kappa shape index (κ3) is 5.19. The highest BCUT2D eigenvalue weighted by Crippen LogP contribution is 2.30. The highest BCUT2D eigenvalue weighted by molar-refractivity contribution is 5.94. The summed E-state index contributed by atoms with van der Waals surface area (Å²) in [6.07, 6.45) is 1.58. The molecule has 0 spiro atoms. The lowest BCUT2D eigenvalue weighted by molar-refractivity contribution is -0.134. The lowest BCUT2D eigenvalue weighted by atomic mass is 9.98. The number of likely N-dealkylation sites (tertiary alicyclic amines) is 1. The van der Waals surface area contributed by atoms with Crippen molar-refractivity contribution in [1.82, 2.24) is 15.0 Å². The van der Waals surface area contributed by atoms with Crippen molar-refractivity contribution in [2.45, 2.75) is 25.7 Å². The Bertz CT molecular complexity index is 1160. The Hall–Kier alpha value is -3.75. The van der Waals surface area contributed by atoms with Crippen LogP contribution in [0, 0.1) is 5.82 Å². The number of benzene rings is 2. The fraction of sp³-hybridized carbons (Fsp3) is 0.333. The number of amides is 1. The van der Waals surface area contributed by atoms with Crippen LogP contribution in [0.4, 0.5) is 4.39 Å². The largest absolute Gasteiger partial charge is 0.493 e. The minimum atomic E-state index is -0.374. The van der Waals surface area contributed by atoms with E-state index < -0.39 is 0 Å². The van der Waals surface area contributed by atoms with Gasteiger partial charge in [-0.15, -0.1) is 0 Å². The molecule has 0 N–H and O–H groups in total. The Morgan fingerprint density at radius 3 is 2.82 bits per heavy atom. The maximum absolute atomic E-state index is 13.5. The molecule has 4 rings (SSSR count). The van der Waals surface area contributed by atoms with Crippen LogP contribution in [0.3, 0.4) is 0 Å². The first-order valence-corrected chi connectivity index (χ1v) is 10.6. The van der Waals surface area contributed by atoms with Gasteiger partial charge in [-0.3, -0.25) is 9.59 Å². The summed E-state index contributed by atoms with van der Waals surface area (Å²) in [5.74, 6) is 0.775. The normalized spacial score (nSPS) is 15.8. The van der Waals surface area contributed by atoms with Gasteiger partial charge in [0.15, 0.2) is 23.9 Å². The number of rotatable bonds is 7. The number of hydrogen-bond acceptors (Lipinski definition) is 7. The molecule has 172 valence electrons. The second kappa shape index (κ2) is 9.81. The van der Waals surface area contributed by atoms with Crippen LogP contribution >= 0.6 is 0 Å². The van der Waals surface area contributed by atoms with Crippen molar-refractivity contribution in [3.8, 4) is 22.9 Å². The number of nitrogens with zero attached hydrogens (tertiary/aromatic N) is 3. The van der Waals surface area contributed by atoms with Gasteiger partial charge in [-0.25, -0.2) is 4.39 Å². The first kappa shape index (κ1) is 22.4. The van der Waals surface area contributed by atoms with Crippen molar-refractivity contribution in [3.63, 3.8) is 0 Å². The molecule has 1 atom stereocenters. The van der Waals surface area contributed by atoms with Crippen LogP contribution in [0.5, 0.6) is 11.5 Å². The van der Waals surface area contributed by atoms with E-state index in [1.807, 2.05) is 0 Å². The van der Waals surface area contributed by atoms with Gasteiger partial charge >= 0.3 is 0 Å². The Kier molecular flexibility index (Phi) is 6.67. The summed E-state index contributed by atoms with van der Waals surface area (Å²) in [5.41, 5.74) is 1.04. The lowest BCUT2D eigenvalue weighted by Crippen LogP contribution is -2.41. The molecule has 33 heavy (non-hydrogen) atoms. The summed E-state index contributed by atoms with van der Waals surface area (Å²) in [6, 6.07) is 10.8. The van der Waals surface area contributed by atoms with Crippen LogP contribution in [0.15, 0.2) is 47.0 Å². The number of ketones is 1.